The number of nitrogens with zero attached hydrogens (tertiary/aromatic N) is 3. The molecule has 0 bridgehead atoms. The highest BCUT2D eigenvalue weighted by atomic mass is 16.5. The fourth-order valence-corrected chi connectivity index (χ4v) is 2.70. The van der Waals surface area contributed by atoms with Crippen LogP contribution < -0.4 is 14.8 Å². The van der Waals surface area contributed by atoms with E-state index >= 15 is 0 Å². The van der Waals surface area contributed by atoms with Crippen LogP contribution in [0.25, 0.3) is 5.69 Å². The Kier molecular flexibility index (Phi) is 6.84. The quantitative estimate of drug-likeness (QED) is 0.582. The van der Waals surface area contributed by atoms with Crippen LogP contribution in [0.5, 0.6) is 11.5 Å². The number of para-hydroxylation sites is 1. The molecule has 1 N–H and O–H groups in total. The van der Waals surface area contributed by atoms with E-state index in [2.05, 4.69) is 15.5 Å². The summed E-state index contributed by atoms with van der Waals surface area (Å²) in [6, 6.07) is 14.8. The molecule has 0 aliphatic rings. The predicted molar refractivity (Wildman–Crippen MR) is 112 cm³/mol. The van der Waals surface area contributed by atoms with Gasteiger partial charge in [-0.25, -0.2) is 0 Å². The molecule has 0 unspecified atom stereocenters. The van der Waals surface area contributed by atoms with Gasteiger partial charge in [0.1, 0.15) is 0 Å². The Balaban J connectivity index is 1.79. The van der Waals surface area contributed by atoms with E-state index in [1.807, 2.05) is 50.2 Å². The molecule has 0 aliphatic heterocycles. The standard InChI is InChI=1S/C22H26N4O3/c1-4-13-28-19-12-11-17(15-20(19)29-14-5-2)23-22(27)21-16(3)24-26(25-21)18-9-7-6-8-10-18/h6-12,15H,4-5,13-14H2,1-3H3,(H,23,27). The van der Waals surface area contributed by atoms with Crippen LogP contribution in [0.3, 0.4) is 0 Å². The minimum atomic E-state index is -0.326. The van der Waals surface area contributed by atoms with Gasteiger partial charge in [-0.2, -0.15) is 9.90 Å². The predicted octanol–water partition coefficient (Wildman–Crippen LogP) is 4.41. The molecule has 7 nitrogen and oxygen atoms in total. The second-order valence-electron chi connectivity index (χ2n) is 6.57. The molecule has 0 atom stereocenters. The number of nitrogens with one attached hydrogen (secondary N) is 1. The van der Waals surface area contributed by atoms with Gasteiger partial charge in [-0.05, 0) is 44.0 Å². The van der Waals surface area contributed by atoms with E-state index in [9.17, 15) is 4.79 Å². The Morgan fingerprint density at radius 2 is 1.66 bits per heavy atom. The van der Waals surface area contributed by atoms with E-state index in [1.54, 1.807) is 19.1 Å². The van der Waals surface area contributed by atoms with Crippen molar-refractivity contribution in [2.45, 2.75) is 33.6 Å². The number of carbonyl (C=O) groups is 1. The number of aromatic nitrogens is 3. The minimum Gasteiger partial charge on any atom is -0.490 e. The minimum absolute atomic E-state index is 0.274. The molecule has 3 rings (SSSR count). The summed E-state index contributed by atoms with van der Waals surface area (Å²) < 4.78 is 11.5. The van der Waals surface area contributed by atoms with Gasteiger partial charge < -0.3 is 14.8 Å². The molecule has 0 saturated carbocycles. The van der Waals surface area contributed by atoms with Crippen LogP contribution in [0.15, 0.2) is 48.5 Å². The van der Waals surface area contributed by atoms with Crippen LogP contribution in [-0.2, 0) is 0 Å². The van der Waals surface area contributed by atoms with Crippen molar-refractivity contribution >= 4 is 11.6 Å². The maximum Gasteiger partial charge on any atom is 0.278 e. The van der Waals surface area contributed by atoms with Gasteiger partial charge in [0.15, 0.2) is 17.2 Å². The number of ether oxygens (including phenoxy) is 2. The van der Waals surface area contributed by atoms with Gasteiger partial charge in [0.2, 0.25) is 0 Å². The maximum atomic E-state index is 12.8. The molecule has 1 aromatic heterocycles. The van der Waals surface area contributed by atoms with Crippen molar-refractivity contribution in [3.05, 3.63) is 59.9 Å². The Morgan fingerprint density at radius 1 is 0.966 bits per heavy atom. The Hall–Kier alpha value is -3.35. The third-order valence-electron chi connectivity index (χ3n) is 4.11. The summed E-state index contributed by atoms with van der Waals surface area (Å²) in [7, 11) is 0. The lowest BCUT2D eigenvalue weighted by molar-refractivity contribution is 0.102. The highest BCUT2D eigenvalue weighted by Gasteiger charge is 2.17. The SMILES string of the molecule is CCCOc1ccc(NC(=O)c2nn(-c3ccccc3)nc2C)cc1OCCC. The second kappa shape index (κ2) is 9.73. The van der Waals surface area contributed by atoms with Crippen molar-refractivity contribution in [1.82, 2.24) is 15.0 Å². The molecular formula is C22H26N4O3. The average molecular weight is 394 g/mol. The van der Waals surface area contributed by atoms with Crippen molar-refractivity contribution < 1.29 is 14.3 Å². The van der Waals surface area contributed by atoms with Crippen LogP contribution in [-0.4, -0.2) is 34.1 Å². The molecule has 152 valence electrons. The van der Waals surface area contributed by atoms with E-state index in [0.29, 0.717) is 36.1 Å². The van der Waals surface area contributed by atoms with Crippen LogP contribution >= 0.6 is 0 Å². The summed E-state index contributed by atoms with van der Waals surface area (Å²) in [6.07, 6.45) is 1.79. The van der Waals surface area contributed by atoms with Crippen LogP contribution in [0.1, 0.15) is 42.9 Å². The molecule has 3 aromatic rings. The molecule has 1 amide bonds. The van der Waals surface area contributed by atoms with Gasteiger partial charge in [-0.15, -0.1) is 5.10 Å². The van der Waals surface area contributed by atoms with Gasteiger partial charge in [-0.3, -0.25) is 4.79 Å². The van der Waals surface area contributed by atoms with Crippen molar-refractivity contribution in [3.8, 4) is 17.2 Å². The zero-order chi connectivity index (χ0) is 20.6. The van der Waals surface area contributed by atoms with E-state index in [0.717, 1.165) is 18.5 Å². The van der Waals surface area contributed by atoms with Crippen LogP contribution in [0, 0.1) is 6.92 Å². The topological polar surface area (TPSA) is 78.3 Å². The Morgan fingerprint density at radius 3 is 2.34 bits per heavy atom. The number of hydrogen-bond acceptors (Lipinski definition) is 5. The lowest BCUT2D eigenvalue weighted by Gasteiger charge is -2.14. The van der Waals surface area contributed by atoms with Gasteiger partial charge in [0, 0.05) is 11.8 Å². The fourth-order valence-electron chi connectivity index (χ4n) is 2.70. The number of amides is 1. The van der Waals surface area contributed by atoms with E-state index < -0.39 is 0 Å². The molecule has 7 heteroatoms. The number of carbonyl (C=O) groups excluding carboxylic acids is 1. The summed E-state index contributed by atoms with van der Waals surface area (Å²) in [5.74, 6) is 0.959. The normalized spacial score (nSPS) is 10.6. The highest BCUT2D eigenvalue weighted by molar-refractivity contribution is 6.03. The second-order valence-corrected chi connectivity index (χ2v) is 6.57. The zero-order valence-electron chi connectivity index (χ0n) is 17.0. The van der Waals surface area contributed by atoms with Crippen molar-refractivity contribution in [3.63, 3.8) is 0 Å². The summed E-state index contributed by atoms with van der Waals surface area (Å²) in [5.41, 5.74) is 2.23. The average Bonchev–Trinajstić information content (AvgIpc) is 3.14. The number of anilines is 1. The first-order chi connectivity index (χ1) is 14.1. The Bertz CT molecular complexity index is 954. The van der Waals surface area contributed by atoms with Gasteiger partial charge >= 0.3 is 0 Å². The van der Waals surface area contributed by atoms with Crippen molar-refractivity contribution in [2.75, 3.05) is 18.5 Å². The third-order valence-corrected chi connectivity index (χ3v) is 4.11. The number of aryl methyl sites for hydroxylation is 1. The van der Waals surface area contributed by atoms with Gasteiger partial charge in [0.25, 0.3) is 5.91 Å². The lowest BCUT2D eigenvalue weighted by Crippen LogP contribution is -2.14. The Labute approximate surface area is 170 Å². The van der Waals surface area contributed by atoms with Crippen molar-refractivity contribution in [2.24, 2.45) is 0 Å². The molecule has 0 saturated heterocycles. The first-order valence-electron chi connectivity index (χ1n) is 9.82. The molecule has 0 spiro atoms. The number of benzene rings is 2. The monoisotopic (exact) mass is 394 g/mol. The molecule has 0 aliphatic carbocycles. The van der Waals surface area contributed by atoms with Crippen LogP contribution in [0.4, 0.5) is 5.69 Å². The summed E-state index contributed by atoms with van der Waals surface area (Å²) >= 11 is 0. The number of rotatable bonds is 9. The lowest BCUT2D eigenvalue weighted by atomic mass is 10.2. The molecule has 29 heavy (non-hydrogen) atoms. The van der Waals surface area contributed by atoms with E-state index in [1.165, 1.54) is 4.80 Å². The molecular weight excluding hydrogens is 368 g/mol. The summed E-state index contributed by atoms with van der Waals surface area (Å²) in [4.78, 5) is 14.2. The number of hydrogen-bond donors (Lipinski definition) is 1. The highest BCUT2D eigenvalue weighted by Crippen LogP contribution is 2.31. The van der Waals surface area contributed by atoms with E-state index in [4.69, 9.17) is 9.47 Å². The van der Waals surface area contributed by atoms with Gasteiger partial charge in [-0.1, -0.05) is 32.0 Å². The first-order valence-corrected chi connectivity index (χ1v) is 9.82. The first kappa shape index (κ1) is 20.4. The molecule has 1 heterocycles. The molecule has 0 radical (unpaired) electrons. The molecule has 2 aromatic carbocycles. The molecule has 0 fully saturated rings. The van der Waals surface area contributed by atoms with Crippen molar-refractivity contribution in [1.29, 1.82) is 0 Å². The smallest absolute Gasteiger partial charge is 0.278 e. The fraction of sp³-hybridized carbons (Fsp3) is 0.318. The maximum absolute atomic E-state index is 12.8. The third kappa shape index (κ3) is 5.13. The summed E-state index contributed by atoms with van der Waals surface area (Å²) in [5, 5.41) is 11.6. The van der Waals surface area contributed by atoms with E-state index in [-0.39, 0.29) is 11.6 Å². The van der Waals surface area contributed by atoms with Gasteiger partial charge in [0.05, 0.1) is 24.6 Å². The zero-order valence-corrected chi connectivity index (χ0v) is 17.0. The summed E-state index contributed by atoms with van der Waals surface area (Å²) in [6.45, 7) is 7.03. The largest absolute Gasteiger partial charge is 0.490 e. The van der Waals surface area contributed by atoms with Crippen LogP contribution in [0.2, 0.25) is 0 Å².